The Hall–Kier alpha value is -2.01. The minimum absolute atomic E-state index is 0.161. The molecule has 1 aromatic heterocycles. The number of nitrogens with zero attached hydrogens (tertiary/aromatic N) is 4. The number of aryl methyl sites for hydroxylation is 1. The minimum atomic E-state index is -0.543. The van der Waals surface area contributed by atoms with Gasteiger partial charge in [-0.3, -0.25) is 4.57 Å². The number of halogens is 1. The standard InChI is InChI=1S/C23H31ClN4O5S/c1-14-10-16-18-19(17(14)24)34-12-15(11-32-13-31-5)28(18)21(29)25-20(16)26-6-8-27(9-7-26)22(30)33-23(2,3)4/h10,15H,6-9,11-13H2,1-5H3/t15-/m0/s1. The summed E-state index contributed by atoms with van der Waals surface area (Å²) in [5.41, 5.74) is 0.858. The number of anilines is 1. The number of carbonyl (C=O) groups is 1. The van der Waals surface area contributed by atoms with Crippen LogP contribution in [-0.4, -0.2) is 78.6 Å². The lowest BCUT2D eigenvalue weighted by atomic mass is 10.1. The molecule has 0 N–H and O–H groups in total. The highest BCUT2D eigenvalue weighted by atomic mass is 35.5. The van der Waals surface area contributed by atoms with E-state index < -0.39 is 5.60 Å². The van der Waals surface area contributed by atoms with Crippen LogP contribution >= 0.6 is 23.4 Å². The monoisotopic (exact) mass is 510 g/mol. The summed E-state index contributed by atoms with van der Waals surface area (Å²) in [6.07, 6.45) is -0.324. The number of hydrogen-bond donors (Lipinski definition) is 0. The number of thioether (sulfide) groups is 1. The van der Waals surface area contributed by atoms with Gasteiger partial charge in [0, 0.05) is 44.4 Å². The van der Waals surface area contributed by atoms with Gasteiger partial charge in [0.2, 0.25) is 0 Å². The van der Waals surface area contributed by atoms with Gasteiger partial charge in [0.25, 0.3) is 0 Å². The van der Waals surface area contributed by atoms with Gasteiger partial charge < -0.3 is 24.0 Å². The van der Waals surface area contributed by atoms with Gasteiger partial charge in [-0.05, 0) is 39.3 Å². The van der Waals surface area contributed by atoms with Crippen molar-refractivity contribution in [1.82, 2.24) is 14.5 Å². The molecule has 1 fully saturated rings. The second kappa shape index (κ2) is 9.93. The molecule has 4 rings (SSSR count). The fourth-order valence-corrected chi connectivity index (χ4v) is 5.79. The van der Waals surface area contributed by atoms with E-state index in [1.54, 1.807) is 28.3 Å². The maximum Gasteiger partial charge on any atom is 0.410 e. The molecule has 0 spiro atoms. The molecule has 34 heavy (non-hydrogen) atoms. The Bertz CT molecular complexity index is 1140. The molecule has 0 bridgehead atoms. The first kappa shape index (κ1) is 25.1. The number of rotatable bonds is 5. The predicted molar refractivity (Wildman–Crippen MR) is 133 cm³/mol. The van der Waals surface area contributed by atoms with Gasteiger partial charge in [-0.2, -0.15) is 4.98 Å². The quantitative estimate of drug-likeness (QED) is 0.445. The highest BCUT2D eigenvalue weighted by Gasteiger charge is 2.31. The molecule has 2 aliphatic rings. The van der Waals surface area contributed by atoms with Crippen LogP contribution in [-0.2, 0) is 14.2 Å². The summed E-state index contributed by atoms with van der Waals surface area (Å²) >= 11 is 8.30. The third-order valence-corrected chi connectivity index (χ3v) is 7.63. The van der Waals surface area contributed by atoms with E-state index in [-0.39, 0.29) is 24.6 Å². The fourth-order valence-electron chi connectivity index (χ4n) is 4.25. The van der Waals surface area contributed by atoms with Crippen molar-refractivity contribution < 1.29 is 19.0 Å². The summed E-state index contributed by atoms with van der Waals surface area (Å²) in [7, 11) is 1.57. The van der Waals surface area contributed by atoms with Gasteiger partial charge in [0.15, 0.2) is 0 Å². The molecule has 3 heterocycles. The largest absolute Gasteiger partial charge is 0.444 e. The van der Waals surface area contributed by atoms with Gasteiger partial charge in [-0.15, -0.1) is 11.8 Å². The maximum atomic E-state index is 13.3. The number of aromatic nitrogens is 2. The van der Waals surface area contributed by atoms with Crippen molar-refractivity contribution >= 4 is 46.2 Å². The number of amides is 1. The second-order valence-corrected chi connectivity index (χ2v) is 10.9. The molecule has 11 heteroatoms. The molecule has 1 amide bonds. The number of benzene rings is 1. The lowest BCUT2D eigenvalue weighted by molar-refractivity contribution is -0.0395. The molecule has 2 aliphatic heterocycles. The van der Waals surface area contributed by atoms with E-state index in [1.807, 2.05) is 33.8 Å². The molecule has 186 valence electrons. The zero-order valence-corrected chi connectivity index (χ0v) is 21.8. The number of piperazine rings is 1. The number of methoxy groups -OCH3 is 1. The van der Waals surface area contributed by atoms with Crippen LogP contribution in [0.4, 0.5) is 10.6 Å². The predicted octanol–water partition coefficient (Wildman–Crippen LogP) is 3.68. The molecule has 1 aromatic carbocycles. The molecule has 0 unspecified atom stereocenters. The van der Waals surface area contributed by atoms with Crippen LogP contribution in [0, 0.1) is 6.92 Å². The van der Waals surface area contributed by atoms with Gasteiger partial charge in [0.05, 0.1) is 28.1 Å². The van der Waals surface area contributed by atoms with E-state index in [0.29, 0.717) is 49.4 Å². The second-order valence-electron chi connectivity index (χ2n) is 9.52. The summed E-state index contributed by atoms with van der Waals surface area (Å²) in [5.74, 6) is 1.28. The van der Waals surface area contributed by atoms with E-state index in [9.17, 15) is 9.59 Å². The van der Waals surface area contributed by atoms with Crippen molar-refractivity contribution in [3.8, 4) is 0 Å². The van der Waals surface area contributed by atoms with Crippen LogP contribution in [0.1, 0.15) is 32.4 Å². The van der Waals surface area contributed by atoms with E-state index in [4.69, 9.17) is 25.8 Å². The van der Waals surface area contributed by atoms with Crippen LogP contribution < -0.4 is 10.6 Å². The van der Waals surface area contributed by atoms with Gasteiger partial charge >= 0.3 is 11.8 Å². The highest BCUT2D eigenvalue weighted by molar-refractivity contribution is 7.99. The van der Waals surface area contributed by atoms with Crippen molar-refractivity contribution in [2.24, 2.45) is 0 Å². The first-order valence-electron chi connectivity index (χ1n) is 11.3. The van der Waals surface area contributed by atoms with Crippen LogP contribution in [0.15, 0.2) is 15.8 Å². The first-order valence-corrected chi connectivity index (χ1v) is 12.6. The molecule has 0 aliphatic carbocycles. The lowest BCUT2D eigenvalue weighted by Crippen LogP contribution is -2.50. The summed E-state index contributed by atoms with van der Waals surface area (Å²) in [6, 6.07) is 1.82. The maximum absolute atomic E-state index is 13.3. The lowest BCUT2D eigenvalue weighted by Gasteiger charge is -2.37. The third kappa shape index (κ3) is 5.00. The number of carbonyl (C=O) groups excluding carboxylic acids is 1. The normalized spacial score (nSPS) is 18.5. The summed E-state index contributed by atoms with van der Waals surface area (Å²) in [4.78, 5) is 34.9. The number of ether oxygens (including phenoxy) is 3. The Labute approximate surface area is 208 Å². The topological polar surface area (TPSA) is 86.1 Å². The minimum Gasteiger partial charge on any atom is -0.444 e. The van der Waals surface area contributed by atoms with Crippen LogP contribution in [0.25, 0.3) is 10.9 Å². The first-order chi connectivity index (χ1) is 16.1. The SMILES string of the molecule is COCOC[C@H]1CSc2c(Cl)c(C)cc3c(N4CCN(C(=O)OC(C)(C)C)CC4)nc(=O)n1c23. The highest BCUT2D eigenvalue weighted by Crippen LogP contribution is 2.44. The zero-order chi connectivity index (χ0) is 24.6. The molecule has 0 radical (unpaired) electrons. The van der Waals surface area contributed by atoms with E-state index >= 15 is 0 Å². The molecule has 0 saturated carbocycles. The Balaban J connectivity index is 1.68. The molecular formula is C23H31ClN4O5S. The smallest absolute Gasteiger partial charge is 0.410 e. The Morgan fingerprint density at radius 1 is 1.26 bits per heavy atom. The molecule has 1 saturated heterocycles. The van der Waals surface area contributed by atoms with E-state index in [2.05, 4.69) is 9.88 Å². The Kier molecular flexibility index (Phi) is 7.33. The molecule has 2 aromatic rings. The third-order valence-electron chi connectivity index (χ3n) is 5.79. The summed E-state index contributed by atoms with van der Waals surface area (Å²) < 4.78 is 17.8. The van der Waals surface area contributed by atoms with Crippen molar-refractivity contribution in [3.05, 3.63) is 27.1 Å². The van der Waals surface area contributed by atoms with Gasteiger partial charge in [-0.25, -0.2) is 9.59 Å². The van der Waals surface area contributed by atoms with Crippen LogP contribution in [0.5, 0.6) is 0 Å². The van der Waals surface area contributed by atoms with Gasteiger partial charge in [0.1, 0.15) is 18.2 Å². The fraction of sp³-hybridized carbons (Fsp3) is 0.609. The molecular weight excluding hydrogens is 480 g/mol. The van der Waals surface area contributed by atoms with Crippen molar-refractivity contribution in [2.75, 3.05) is 57.3 Å². The van der Waals surface area contributed by atoms with Crippen molar-refractivity contribution in [2.45, 2.75) is 44.2 Å². The summed E-state index contributed by atoms with van der Waals surface area (Å²) in [5, 5.41) is 1.54. The molecule has 1 atom stereocenters. The Morgan fingerprint density at radius 2 is 1.97 bits per heavy atom. The van der Waals surface area contributed by atoms with Crippen LogP contribution in [0.3, 0.4) is 0 Å². The van der Waals surface area contributed by atoms with Gasteiger partial charge in [-0.1, -0.05) is 11.6 Å². The molecule has 9 nitrogen and oxygen atoms in total. The zero-order valence-electron chi connectivity index (χ0n) is 20.2. The van der Waals surface area contributed by atoms with Crippen LogP contribution in [0.2, 0.25) is 5.02 Å². The average molecular weight is 511 g/mol. The average Bonchev–Trinajstić information content (AvgIpc) is 2.78. The van der Waals surface area contributed by atoms with Crippen molar-refractivity contribution in [1.29, 1.82) is 0 Å². The Morgan fingerprint density at radius 3 is 2.62 bits per heavy atom. The number of hydrogen-bond acceptors (Lipinski definition) is 8. The van der Waals surface area contributed by atoms with E-state index in [1.165, 1.54) is 0 Å². The van der Waals surface area contributed by atoms with E-state index in [0.717, 1.165) is 21.4 Å². The summed E-state index contributed by atoms with van der Waals surface area (Å²) in [6.45, 7) is 10.1. The van der Waals surface area contributed by atoms with Crippen molar-refractivity contribution in [3.63, 3.8) is 0 Å².